The fourth-order valence-corrected chi connectivity index (χ4v) is 3.65. The second-order valence-electron chi connectivity index (χ2n) is 7.50. The zero-order valence-corrected chi connectivity index (χ0v) is 15.5. The quantitative estimate of drug-likeness (QED) is 0.614. The molecule has 0 spiro atoms. The molecule has 0 aromatic carbocycles. The van der Waals surface area contributed by atoms with Crippen molar-refractivity contribution in [2.75, 3.05) is 10.6 Å². The van der Waals surface area contributed by atoms with Crippen LogP contribution in [0, 0.1) is 5.92 Å². The van der Waals surface area contributed by atoms with Gasteiger partial charge in [0, 0.05) is 41.5 Å². The maximum atomic E-state index is 13.2. The summed E-state index contributed by atoms with van der Waals surface area (Å²) in [5, 5.41) is 16.9. The van der Waals surface area contributed by atoms with Gasteiger partial charge in [0.1, 0.15) is 12.0 Å². The van der Waals surface area contributed by atoms with Crippen LogP contribution in [0.3, 0.4) is 0 Å². The van der Waals surface area contributed by atoms with Gasteiger partial charge in [-0.3, -0.25) is 5.10 Å². The number of hydrogen-bond acceptors (Lipinski definition) is 6. The van der Waals surface area contributed by atoms with Crippen LogP contribution in [-0.4, -0.2) is 32.4 Å². The minimum Gasteiger partial charge on any atom is -0.365 e. The van der Waals surface area contributed by atoms with Crippen molar-refractivity contribution in [1.82, 2.24) is 25.5 Å². The summed E-state index contributed by atoms with van der Waals surface area (Å²) in [6.07, 6.45) is 11.0. The molecule has 1 unspecified atom stereocenters. The molecule has 0 amide bonds. The lowest BCUT2D eigenvalue weighted by Gasteiger charge is -2.23. The van der Waals surface area contributed by atoms with Gasteiger partial charge in [0.2, 0.25) is 5.95 Å². The number of anilines is 3. The molecule has 144 valence electrons. The van der Waals surface area contributed by atoms with Gasteiger partial charge in [-0.15, -0.1) is 0 Å². The number of halogens is 1. The molecule has 3 heterocycles. The van der Waals surface area contributed by atoms with E-state index >= 15 is 0 Å². The van der Waals surface area contributed by atoms with Crippen molar-refractivity contribution in [2.45, 2.75) is 37.9 Å². The second kappa shape index (κ2) is 6.78. The zero-order chi connectivity index (χ0) is 19.1. The lowest BCUT2D eigenvalue weighted by molar-refractivity contribution is 0.466. The number of aromatic nitrogens is 4. The van der Waals surface area contributed by atoms with Gasteiger partial charge in [-0.05, 0) is 43.7 Å². The van der Waals surface area contributed by atoms with Crippen LogP contribution in [0.25, 0.3) is 0 Å². The van der Waals surface area contributed by atoms with Crippen molar-refractivity contribution >= 4 is 17.6 Å². The molecule has 4 atom stereocenters. The predicted molar refractivity (Wildman–Crippen MR) is 106 cm³/mol. The van der Waals surface area contributed by atoms with Gasteiger partial charge in [-0.1, -0.05) is 12.2 Å². The summed E-state index contributed by atoms with van der Waals surface area (Å²) in [4.78, 5) is 8.85. The van der Waals surface area contributed by atoms with Gasteiger partial charge >= 0.3 is 0 Å². The highest BCUT2D eigenvalue weighted by Crippen LogP contribution is 2.43. The first-order chi connectivity index (χ1) is 13.7. The van der Waals surface area contributed by atoms with Crippen LogP contribution < -0.4 is 16.0 Å². The largest absolute Gasteiger partial charge is 0.365 e. The number of nitrogens with one attached hydrogen (secondary N) is 4. The van der Waals surface area contributed by atoms with E-state index in [1.54, 1.807) is 12.3 Å². The summed E-state index contributed by atoms with van der Waals surface area (Å²) in [5.74, 6) is 2.20. The van der Waals surface area contributed by atoms with E-state index in [4.69, 9.17) is 0 Å². The topological polar surface area (TPSA) is 90.5 Å². The Morgan fingerprint density at radius 1 is 1.29 bits per heavy atom. The molecule has 7 nitrogen and oxygen atoms in total. The van der Waals surface area contributed by atoms with Gasteiger partial charge in [0.05, 0.1) is 0 Å². The molecule has 4 N–H and O–H groups in total. The summed E-state index contributed by atoms with van der Waals surface area (Å²) in [7, 11) is 0. The summed E-state index contributed by atoms with van der Waals surface area (Å²) in [5.41, 5.74) is 3.39. The molecule has 1 fully saturated rings. The highest BCUT2D eigenvalue weighted by Gasteiger charge is 2.40. The average Bonchev–Trinajstić information content (AvgIpc) is 3.09. The lowest BCUT2D eigenvalue weighted by atomic mass is 9.89. The van der Waals surface area contributed by atoms with Crippen LogP contribution in [0.5, 0.6) is 0 Å². The molecule has 2 aromatic heterocycles. The van der Waals surface area contributed by atoms with Gasteiger partial charge in [0.25, 0.3) is 0 Å². The average molecular weight is 379 g/mol. The Bertz CT molecular complexity index is 976. The predicted octanol–water partition coefficient (Wildman–Crippen LogP) is 3.52. The minimum atomic E-state index is -0.750. The summed E-state index contributed by atoms with van der Waals surface area (Å²) >= 11 is 0. The summed E-state index contributed by atoms with van der Waals surface area (Å²) < 4.78 is 13.2. The molecular weight excluding hydrogens is 357 g/mol. The monoisotopic (exact) mass is 379 g/mol. The molecule has 1 saturated carbocycles. The van der Waals surface area contributed by atoms with E-state index in [-0.39, 0.29) is 12.0 Å². The van der Waals surface area contributed by atoms with Crippen LogP contribution in [0.15, 0.2) is 54.0 Å². The molecule has 0 bridgehead atoms. The Balaban J connectivity index is 1.24. The van der Waals surface area contributed by atoms with E-state index in [9.17, 15) is 4.39 Å². The molecule has 0 radical (unpaired) electrons. The SMILES string of the molecule is C[C@H](Nc1nccc(Nc2cc([C@H]3C[C@@H]3F)[nH]n2)n1)C1=CC=C2NC=CC2C1. The van der Waals surface area contributed by atoms with Crippen molar-refractivity contribution in [2.24, 2.45) is 5.92 Å². The highest BCUT2D eigenvalue weighted by atomic mass is 19.1. The third kappa shape index (κ3) is 3.37. The summed E-state index contributed by atoms with van der Waals surface area (Å²) in [6, 6.07) is 3.74. The van der Waals surface area contributed by atoms with Crippen molar-refractivity contribution in [3.8, 4) is 0 Å². The number of nitrogens with zero attached hydrogens (tertiary/aromatic N) is 3. The maximum Gasteiger partial charge on any atom is 0.225 e. The van der Waals surface area contributed by atoms with E-state index < -0.39 is 6.17 Å². The van der Waals surface area contributed by atoms with Gasteiger partial charge in [-0.25, -0.2) is 9.37 Å². The van der Waals surface area contributed by atoms with E-state index in [1.807, 2.05) is 12.3 Å². The van der Waals surface area contributed by atoms with E-state index in [0.29, 0.717) is 29.9 Å². The number of hydrogen-bond donors (Lipinski definition) is 4. The molecule has 8 heteroatoms. The number of aromatic amines is 1. The van der Waals surface area contributed by atoms with Crippen LogP contribution in [-0.2, 0) is 0 Å². The number of alkyl halides is 1. The molecule has 5 rings (SSSR count). The Kier molecular flexibility index (Phi) is 4.11. The van der Waals surface area contributed by atoms with E-state index in [0.717, 1.165) is 12.1 Å². The Labute approximate surface area is 162 Å². The highest BCUT2D eigenvalue weighted by molar-refractivity contribution is 5.54. The number of rotatable bonds is 6. The first-order valence-electron chi connectivity index (χ1n) is 9.55. The van der Waals surface area contributed by atoms with E-state index in [2.05, 4.69) is 61.3 Å². The fourth-order valence-electron chi connectivity index (χ4n) is 3.65. The van der Waals surface area contributed by atoms with Crippen LogP contribution in [0.1, 0.15) is 31.4 Å². The van der Waals surface area contributed by atoms with Crippen molar-refractivity contribution < 1.29 is 4.39 Å². The second-order valence-corrected chi connectivity index (χ2v) is 7.50. The number of allylic oxidation sites excluding steroid dienone is 3. The molecular formula is C20H22FN7. The minimum absolute atomic E-state index is 0.0465. The van der Waals surface area contributed by atoms with Crippen LogP contribution in [0.2, 0.25) is 0 Å². The van der Waals surface area contributed by atoms with Gasteiger partial charge in [-0.2, -0.15) is 10.1 Å². The smallest absolute Gasteiger partial charge is 0.225 e. The van der Waals surface area contributed by atoms with Crippen molar-refractivity contribution in [3.63, 3.8) is 0 Å². The van der Waals surface area contributed by atoms with Crippen LogP contribution in [0.4, 0.5) is 22.0 Å². The molecule has 2 aromatic rings. The number of H-pyrrole nitrogens is 1. The molecule has 3 aliphatic rings. The fraction of sp³-hybridized carbons (Fsp3) is 0.350. The lowest BCUT2D eigenvalue weighted by Crippen LogP contribution is -2.23. The normalized spacial score (nSPS) is 26.0. The van der Waals surface area contributed by atoms with Crippen molar-refractivity contribution in [1.29, 1.82) is 0 Å². The number of fused-ring (bicyclic) bond motifs is 1. The Hall–Kier alpha value is -3.16. The zero-order valence-electron chi connectivity index (χ0n) is 15.5. The first-order valence-corrected chi connectivity index (χ1v) is 9.55. The molecule has 2 aliphatic carbocycles. The van der Waals surface area contributed by atoms with Crippen LogP contribution >= 0.6 is 0 Å². The Morgan fingerprint density at radius 3 is 3.04 bits per heavy atom. The third-order valence-corrected chi connectivity index (χ3v) is 5.43. The molecule has 28 heavy (non-hydrogen) atoms. The van der Waals surface area contributed by atoms with Gasteiger partial charge < -0.3 is 16.0 Å². The maximum absolute atomic E-state index is 13.2. The van der Waals surface area contributed by atoms with E-state index in [1.165, 1.54) is 11.3 Å². The molecule has 0 saturated heterocycles. The first kappa shape index (κ1) is 17.0. The van der Waals surface area contributed by atoms with Crippen molar-refractivity contribution in [3.05, 3.63) is 59.7 Å². The van der Waals surface area contributed by atoms with Gasteiger partial charge in [0.15, 0.2) is 5.82 Å². The standard InChI is InChI=1S/C20H22FN7/c1-11(12-2-3-16-13(8-12)4-6-22-16)24-20-23-7-5-18(26-20)25-19-10-17(27-28-19)14-9-15(14)21/h2-7,10-11,13-15,22H,8-9H2,1H3,(H3,23,24,25,26,27,28)/t11-,13?,14-,15-/m0/s1. The third-order valence-electron chi connectivity index (χ3n) is 5.43. The Morgan fingerprint density at radius 2 is 2.18 bits per heavy atom. The summed E-state index contributed by atoms with van der Waals surface area (Å²) in [6.45, 7) is 2.11. The molecule has 1 aliphatic heterocycles.